The zero-order chi connectivity index (χ0) is 15.7. The Balaban J connectivity index is 2.01. The third-order valence-electron chi connectivity index (χ3n) is 3.25. The van der Waals surface area contributed by atoms with Crippen LogP contribution in [-0.2, 0) is 0 Å². The van der Waals surface area contributed by atoms with Gasteiger partial charge >= 0.3 is 0 Å². The number of aromatic nitrogens is 1. The van der Waals surface area contributed by atoms with Crippen molar-refractivity contribution in [1.82, 2.24) is 4.98 Å². The zero-order valence-electron chi connectivity index (χ0n) is 11.7. The number of halogens is 2. The van der Waals surface area contributed by atoms with Crippen LogP contribution >= 0.6 is 11.6 Å². The normalized spacial score (nSPS) is 10.7. The molecule has 3 aromatic rings. The van der Waals surface area contributed by atoms with Crippen LogP contribution in [0.3, 0.4) is 0 Å². The van der Waals surface area contributed by atoms with E-state index in [1.807, 2.05) is 6.92 Å². The predicted molar refractivity (Wildman–Crippen MR) is 85.8 cm³/mol. The smallest absolute Gasteiger partial charge is 0.255 e. The predicted octanol–water partition coefficient (Wildman–Crippen LogP) is 4.59. The van der Waals surface area contributed by atoms with E-state index in [2.05, 4.69) is 10.3 Å². The number of carbonyl (C=O) groups excluding carboxylic acids is 1. The number of fused-ring (bicyclic) bond motifs is 1. The number of nitrogens with zero attached hydrogens (tertiary/aromatic N) is 1. The number of benzene rings is 2. The van der Waals surface area contributed by atoms with Crippen LogP contribution in [0.4, 0.5) is 10.1 Å². The Morgan fingerprint density at radius 3 is 2.59 bits per heavy atom. The van der Waals surface area contributed by atoms with E-state index in [1.54, 1.807) is 36.4 Å². The molecular formula is C17H12ClFN2O. The summed E-state index contributed by atoms with van der Waals surface area (Å²) < 4.78 is 13.5. The Morgan fingerprint density at radius 2 is 1.86 bits per heavy atom. The molecule has 0 unspecified atom stereocenters. The van der Waals surface area contributed by atoms with E-state index in [-0.39, 0.29) is 11.7 Å². The van der Waals surface area contributed by atoms with E-state index in [0.717, 1.165) is 5.69 Å². The maximum Gasteiger partial charge on any atom is 0.255 e. The fourth-order valence-corrected chi connectivity index (χ4v) is 2.36. The second-order valence-electron chi connectivity index (χ2n) is 4.93. The standard InChI is InChI=1S/C17H12ClFN2O/c1-10-8-16(14-9-13(19)6-7-15(14)20-10)21-17(22)11-2-4-12(18)5-3-11/h2-9H,1H3,(H,20,21,22). The summed E-state index contributed by atoms with van der Waals surface area (Å²) in [6.45, 7) is 1.82. The van der Waals surface area contributed by atoms with Gasteiger partial charge in [0.25, 0.3) is 5.91 Å². The van der Waals surface area contributed by atoms with Gasteiger partial charge in [-0.2, -0.15) is 0 Å². The first kappa shape index (κ1) is 14.5. The summed E-state index contributed by atoms with van der Waals surface area (Å²) in [6.07, 6.45) is 0. The Labute approximate surface area is 131 Å². The summed E-state index contributed by atoms with van der Waals surface area (Å²) in [5.74, 6) is -0.659. The van der Waals surface area contributed by atoms with Crippen LogP contribution in [0.1, 0.15) is 16.1 Å². The van der Waals surface area contributed by atoms with Crippen LogP contribution in [-0.4, -0.2) is 10.9 Å². The molecule has 110 valence electrons. The van der Waals surface area contributed by atoms with Crippen LogP contribution in [0, 0.1) is 12.7 Å². The maximum atomic E-state index is 13.5. The van der Waals surface area contributed by atoms with E-state index in [9.17, 15) is 9.18 Å². The minimum atomic E-state index is -0.375. The first-order valence-electron chi connectivity index (χ1n) is 6.67. The number of rotatable bonds is 2. The summed E-state index contributed by atoms with van der Waals surface area (Å²) in [5, 5.41) is 3.92. The van der Waals surface area contributed by atoms with Gasteiger partial charge in [-0.15, -0.1) is 0 Å². The highest BCUT2D eigenvalue weighted by atomic mass is 35.5. The minimum absolute atomic E-state index is 0.284. The van der Waals surface area contributed by atoms with Crippen LogP contribution in [0.25, 0.3) is 10.9 Å². The number of nitrogens with one attached hydrogen (secondary N) is 1. The van der Waals surface area contributed by atoms with Gasteiger partial charge in [-0.25, -0.2) is 4.39 Å². The Kier molecular flexibility index (Phi) is 3.77. The number of hydrogen-bond acceptors (Lipinski definition) is 2. The molecule has 0 radical (unpaired) electrons. The number of aryl methyl sites for hydroxylation is 1. The molecule has 0 atom stereocenters. The van der Waals surface area contributed by atoms with Crippen molar-refractivity contribution in [2.75, 3.05) is 5.32 Å². The molecule has 1 amide bonds. The van der Waals surface area contributed by atoms with Crippen molar-refractivity contribution in [3.05, 3.63) is 70.6 Å². The monoisotopic (exact) mass is 314 g/mol. The quantitative estimate of drug-likeness (QED) is 0.751. The van der Waals surface area contributed by atoms with Crippen molar-refractivity contribution < 1.29 is 9.18 Å². The molecule has 0 spiro atoms. The minimum Gasteiger partial charge on any atom is -0.321 e. The lowest BCUT2D eigenvalue weighted by atomic mass is 10.1. The van der Waals surface area contributed by atoms with Gasteiger partial charge in [0.2, 0.25) is 0 Å². The first-order chi connectivity index (χ1) is 10.5. The van der Waals surface area contributed by atoms with Crippen molar-refractivity contribution in [1.29, 1.82) is 0 Å². The molecule has 1 aromatic heterocycles. The molecule has 2 aromatic carbocycles. The first-order valence-corrected chi connectivity index (χ1v) is 7.04. The molecule has 0 bridgehead atoms. The summed E-state index contributed by atoms with van der Waals surface area (Å²) in [4.78, 5) is 16.6. The molecule has 0 aliphatic rings. The third-order valence-corrected chi connectivity index (χ3v) is 3.51. The van der Waals surface area contributed by atoms with Gasteiger partial charge in [0.1, 0.15) is 5.82 Å². The van der Waals surface area contributed by atoms with Crippen molar-refractivity contribution in [2.45, 2.75) is 6.92 Å². The van der Waals surface area contributed by atoms with E-state index < -0.39 is 0 Å². The van der Waals surface area contributed by atoms with Crippen LogP contribution < -0.4 is 5.32 Å². The highest BCUT2D eigenvalue weighted by Gasteiger charge is 2.10. The fourth-order valence-electron chi connectivity index (χ4n) is 2.23. The molecular weight excluding hydrogens is 303 g/mol. The molecule has 1 heterocycles. The Hall–Kier alpha value is -2.46. The van der Waals surface area contributed by atoms with E-state index in [1.165, 1.54) is 12.1 Å². The Bertz CT molecular complexity index is 862. The average molecular weight is 315 g/mol. The second-order valence-corrected chi connectivity index (χ2v) is 5.37. The van der Waals surface area contributed by atoms with Crippen molar-refractivity contribution in [3.63, 3.8) is 0 Å². The van der Waals surface area contributed by atoms with E-state index >= 15 is 0 Å². The summed E-state index contributed by atoms with van der Waals surface area (Å²) in [5.41, 5.74) is 2.38. The molecule has 0 saturated carbocycles. The number of anilines is 1. The molecule has 22 heavy (non-hydrogen) atoms. The molecule has 0 aliphatic carbocycles. The van der Waals surface area contributed by atoms with Gasteiger partial charge in [-0.05, 0) is 55.5 Å². The summed E-state index contributed by atoms with van der Waals surface area (Å²) in [6, 6.07) is 12.6. The summed E-state index contributed by atoms with van der Waals surface area (Å²) >= 11 is 5.81. The van der Waals surface area contributed by atoms with Crippen LogP contribution in [0.15, 0.2) is 48.5 Å². The molecule has 3 rings (SSSR count). The molecule has 0 fully saturated rings. The van der Waals surface area contributed by atoms with Gasteiger partial charge < -0.3 is 5.32 Å². The van der Waals surface area contributed by atoms with E-state index in [0.29, 0.717) is 27.2 Å². The van der Waals surface area contributed by atoms with Gasteiger partial charge in [0.15, 0.2) is 0 Å². The van der Waals surface area contributed by atoms with Gasteiger partial charge in [-0.1, -0.05) is 11.6 Å². The van der Waals surface area contributed by atoms with Crippen LogP contribution in [0.2, 0.25) is 5.02 Å². The largest absolute Gasteiger partial charge is 0.321 e. The molecule has 1 N–H and O–H groups in total. The second kappa shape index (κ2) is 5.73. The molecule has 0 aliphatic heterocycles. The SMILES string of the molecule is Cc1cc(NC(=O)c2ccc(Cl)cc2)c2cc(F)ccc2n1. The fraction of sp³-hybridized carbons (Fsp3) is 0.0588. The Morgan fingerprint density at radius 1 is 1.14 bits per heavy atom. The van der Waals surface area contributed by atoms with Gasteiger partial charge in [0.05, 0.1) is 11.2 Å². The van der Waals surface area contributed by atoms with Crippen molar-refractivity contribution >= 4 is 34.1 Å². The highest BCUT2D eigenvalue weighted by Crippen LogP contribution is 2.24. The lowest BCUT2D eigenvalue weighted by molar-refractivity contribution is 0.102. The lowest BCUT2D eigenvalue weighted by Crippen LogP contribution is -2.12. The van der Waals surface area contributed by atoms with Gasteiger partial charge in [-0.3, -0.25) is 9.78 Å². The molecule has 5 heteroatoms. The highest BCUT2D eigenvalue weighted by molar-refractivity contribution is 6.30. The lowest BCUT2D eigenvalue weighted by Gasteiger charge is -2.10. The van der Waals surface area contributed by atoms with E-state index in [4.69, 9.17) is 11.6 Å². The van der Waals surface area contributed by atoms with Crippen molar-refractivity contribution in [2.24, 2.45) is 0 Å². The number of amides is 1. The average Bonchev–Trinajstić information content (AvgIpc) is 2.48. The van der Waals surface area contributed by atoms with Crippen LogP contribution in [0.5, 0.6) is 0 Å². The maximum absolute atomic E-state index is 13.5. The number of pyridine rings is 1. The number of carbonyl (C=O) groups is 1. The van der Waals surface area contributed by atoms with Gasteiger partial charge in [0, 0.05) is 21.7 Å². The molecule has 3 nitrogen and oxygen atoms in total. The third kappa shape index (κ3) is 2.92. The number of hydrogen-bond donors (Lipinski definition) is 1. The summed E-state index contributed by atoms with van der Waals surface area (Å²) in [7, 11) is 0. The van der Waals surface area contributed by atoms with Crippen molar-refractivity contribution in [3.8, 4) is 0 Å². The topological polar surface area (TPSA) is 42.0 Å². The molecule has 0 saturated heterocycles. The zero-order valence-corrected chi connectivity index (χ0v) is 12.5.